The maximum atomic E-state index is 4.71. The number of amidine groups is 1. The summed E-state index contributed by atoms with van der Waals surface area (Å²) in [6, 6.07) is 0. The van der Waals surface area contributed by atoms with Gasteiger partial charge in [0.25, 0.3) is 0 Å². The van der Waals surface area contributed by atoms with E-state index in [0.29, 0.717) is 0 Å². The fourth-order valence-electron chi connectivity index (χ4n) is 5.73. The summed E-state index contributed by atoms with van der Waals surface area (Å²) in [5.74, 6) is 1.17. The molecule has 1 aliphatic rings. The van der Waals surface area contributed by atoms with Gasteiger partial charge in [-0.15, -0.1) is 0 Å². The van der Waals surface area contributed by atoms with Gasteiger partial charge in [-0.2, -0.15) is 0 Å². The van der Waals surface area contributed by atoms with Crippen LogP contribution in [0.25, 0.3) is 0 Å². The molecule has 0 fully saturated rings. The zero-order valence-electron chi connectivity index (χ0n) is 26.9. The lowest BCUT2D eigenvalue weighted by atomic mass is 10.0. The number of allylic oxidation sites excluding steroid dienone is 2. The SMILES string of the molecule is CCCCCCCCCCCCCCC/C=C/C1=NCCN1/C=C/CCCCCCCCCCCCCCC. The molecule has 1 heterocycles. The van der Waals surface area contributed by atoms with Crippen molar-refractivity contribution in [1.29, 1.82) is 0 Å². The second-order valence-electron chi connectivity index (χ2n) is 12.3. The van der Waals surface area contributed by atoms with E-state index < -0.39 is 0 Å². The maximum absolute atomic E-state index is 4.71. The van der Waals surface area contributed by atoms with Crippen molar-refractivity contribution >= 4 is 5.84 Å². The molecule has 0 aromatic rings. The van der Waals surface area contributed by atoms with E-state index in [1.807, 2.05) is 0 Å². The molecular formula is C37H70N2. The third-order valence-electron chi connectivity index (χ3n) is 8.41. The van der Waals surface area contributed by atoms with E-state index in [1.165, 1.54) is 186 Å². The molecular weight excluding hydrogens is 472 g/mol. The lowest BCUT2D eigenvalue weighted by molar-refractivity contribution is 0.539. The minimum atomic E-state index is 0.946. The third-order valence-corrected chi connectivity index (χ3v) is 8.41. The Hall–Kier alpha value is -1.05. The van der Waals surface area contributed by atoms with Gasteiger partial charge in [-0.3, -0.25) is 4.99 Å². The zero-order valence-corrected chi connectivity index (χ0v) is 26.9. The minimum Gasteiger partial charge on any atom is -0.332 e. The molecule has 0 saturated carbocycles. The minimum absolute atomic E-state index is 0.946. The van der Waals surface area contributed by atoms with Crippen LogP contribution in [0.3, 0.4) is 0 Å². The molecule has 1 aliphatic heterocycles. The molecule has 0 amide bonds. The molecule has 2 heteroatoms. The molecule has 2 nitrogen and oxygen atoms in total. The first-order valence-corrected chi connectivity index (χ1v) is 18.0. The Bertz CT molecular complexity index is 576. The van der Waals surface area contributed by atoms with Crippen molar-refractivity contribution in [3.63, 3.8) is 0 Å². The fraction of sp³-hybridized carbons (Fsp3) is 0.865. The van der Waals surface area contributed by atoms with Gasteiger partial charge in [0.05, 0.1) is 6.54 Å². The van der Waals surface area contributed by atoms with Crippen LogP contribution in [0.5, 0.6) is 0 Å². The zero-order chi connectivity index (χ0) is 27.9. The third kappa shape index (κ3) is 24.5. The van der Waals surface area contributed by atoms with Crippen molar-refractivity contribution in [2.75, 3.05) is 13.1 Å². The van der Waals surface area contributed by atoms with Crippen LogP contribution >= 0.6 is 0 Å². The van der Waals surface area contributed by atoms with Gasteiger partial charge in [0.2, 0.25) is 0 Å². The summed E-state index contributed by atoms with van der Waals surface area (Å²) in [6.07, 6.45) is 48.8. The van der Waals surface area contributed by atoms with Crippen molar-refractivity contribution in [2.45, 2.75) is 194 Å². The smallest absolute Gasteiger partial charge is 0.127 e. The Balaban J connectivity index is 1.89. The molecule has 0 aliphatic carbocycles. The summed E-state index contributed by atoms with van der Waals surface area (Å²) < 4.78 is 0. The topological polar surface area (TPSA) is 15.6 Å². The number of rotatable bonds is 30. The molecule has 39 heavy (non-hydrogen) atoms. The average molecular weight is 543 g/mol. The van der Waals surface area contributed by atoms with Crippen LogP contribution in [-0.2, 0) is 0 Å². The quantitative estimate of drug-likeness (QED) is 0.0824. The van der Waals surface area contributed by atoms with E-state index in [0.717, 1.165) is 13.1 Å². The Morgan fingerprint density at radius 2 is 0.846 bits per heavy atom. The second kappa shape index (κ2) is 29.9. The molecule has 0 radical (unpaired) electrons. The largest absolute Gasteiger partial charge is 0.332 e. The Kier molecular flexibility index (Phi) is 27.6. The van der Waals surface area contributed by atoms with E-state index >= 15 is 0 Å². The summed E-state index contributed by atoms with van der Waals surface area (Å²) in [4.78, 5) is 7.06. The highest BCUT2D eigenvalue weighted by atomic mass is 15.2. The first-order chi connectivity index (χ1) is 19.4. The highest BCUT2D eigenvalue weighted by Crippen LogP contribution is 2.15. The standard InChI is InChI=1S/C37H70N2/c1-3-5-7-9-11-13-15-17-19-21-23-25-27-29-31-33-37-38-34-36-39(37)35-32-30-28-26-24-22-20-18-16-14-12-10-8-6-4-2/h31-33,35H,3-30,34,36H2,1-2H3/b33-31+,35-32+. The van der Waals surface area contributed by atoms with E-state index in [9.17, 15) is 0 Å². The molecule has 0 aromatic heterocycles. The number of nitrogens with zero attached hydrogens (tertiary/aromatic N) is 2. The van der Waals surface area contributed by atoms with Crippen LogP contribution in [-0.4, -0.2) is 23.8 Å². The van der Waals surface area contributed by atoms with E-state index in [4.69, 9.17) is 4.99 Å². The van der Waals surface area contributed by atoms with Gasteiger partial charge in [-0.25, -0.2) is 0 Å². The van der Waals surface area contributed by atoms with Crippen molar-refractivity contribution in [2.24, 2.45) is 4.99 Å². The molecule has 0 aromatic carbocycles. The van der Waals surface area contributed by atoms with Crippen LogP contribution in [0.2, 0.25) is 0 Å². The number of hydrogen-bond acceptors (Lipinski definition) is 2. The van der Waals surface area contributed by atoms with Gasteiger partial charge in [0.1, 0.15) is 5.84 Å². The second-order valence-corrected chi connectivity index (χ2v) is 12.3. The number of unbranched alkanes of at least 4 members (excludes halogenated alkanes) is 26. The highest BCUT2D eigenvalue weighted by molar-refractivity contribution is 5.94. The first-order valence-electron chi connectivity index (χ1n) is 18.0. The molecule has 0 unspecified atom stereocenters. The Morgan fingerprint density at radius 3 is 1.26 bits per heavy atom. The van der Waals surface area contributed by atoms with Crippen molar-refractivity contribution in [1.82, 2.24) is 4.90 Å². The molecule has 1 rings (SSSR count). The fourth-order valence-corrected chi connectivity index (χ4v) is 5.73. The van der Waals surface area contributed by atoms with Crippen LogP contribution in [0.15, 0.2) is 29.4 Å². The van der Waals surface area contributed by atoms with Crippen molar-refractivity contribution in [3.8, 4) is 0 Å². The van der Waals surface area contributed by atoms with Crippen LogP contribution < -0.4 is 0 Å². The summed E-state index contributed by atoms with van der Waals surface area (Å²) in [6.45, 7) is 6.60. The molecule has 0 N–H and O–H groups in total. The summed E-state index contributed by atoms with van der Waals surface area (Å²) >= 11 is 0. The van der Waals surface area contributed by atoms with Crippen LogP contribution in [0.1, 0.15) is 194 Å². The summed E-state index contributed by atoms with van der Waals surface area (Å²) in [7, 11) is 0. The first kappa shape index (κ1) is 36.0. The summed E-state index contributed by atoms with van der Waals surface area (Å²) in [5.41, 5.74) is 0. The molecule has 0 spiro atoms. The van der Waals surface area contributed by atoms with Crippen LogP contribution in [0, 0.1) is 0 Å². The molecule has 0 bridgehead atoms. The van der Waals surface area contributed by atoms with Gasteiger partial charge < -0.3 is 4.90 Å². The predicted molar refractivity (Wildman–Crippen MR) is 178 cm³/mol. The Labute approximate surface area is 246 Å². The lowest BCUT2D eigenvalue weighted by Crippen LogP contribution is -2.19. The number of aliphatic imine (C=N–C) groups is 1. The van der Waals surface area contributed by atoms with Crippen LogP contribution in [0.4, 0.5) is 0 Å². The van der Waals surface area contributed by atoms with Gasteiger partial charge in [-0.05, 0) is 31.8 Å². The normalized spacial score (nSPS) is 13.9. The highest BCUT2D eigenvalue weighted by Gasteiger charge is 2.10. The number of hydrogen-bond donors (Lipinski definition) is 0. The maximum Gasteiger partial charge on any atom is 0.127 e. The van der Waals surface area contributed by atoms with E-state index in [-0.39, 0.29) is 0 Å². The molecule has 228 valence electrons. The van der Waals surface area contributed by atoms with Crippen molar-refractivity contribution < 1.29 is 0 Å². The Morgan fingerprint density at radius 1 is 0.487 bits per heavy atom. The lowest BCUT2D eigenvalue weighted by Gasteiger charge is -2.12. The summed E-state index contributed by atoms with van der Waals surface area (Å²) in [5, 5.41) is 0. The van der Waals surface area contributed by atoms with Gasteiger partial charge in [0, 0.05) is 12.7 Å². The van der Waals surface area contributed by atoms with Crippen molar-refractivity contribution in [3.05, 3.63) is 24.4 Å². The van der Waals surface area contributed by atoms with Gasteiger partial charge in [-0.1, -0.05) is 180 Å². The predicted octanol–water partition coefficient (Wildman–Crippen LogP) is 12.7. The van der Waals surface area contributed by atoms with Gasteiger partial charge >= 0.3 is 0 Å². The molecule has 0 saturated heterocycles. The van der Waals surface area contributed by atoms with E-state index in [2.05, 4.69) is 43.2 Å². The van der Waals surface area contributed by atoms with Gasteiger partial charge in [0.15, 0.2) is 0 Å². The monoisotopic (exact) mass is 543 g/mol. The average Bonchev–Trinajstić information content (AvgIpc) is 3.40. The van der Waals surface area contributed by atoms with E-state index in [1.54, 1.807) is 0 Å². The molecule has 0 atom stereocenters.